The Hall–Kier alpha value is -0.890. The van der Waals surface area contributed by atoms with Crippen molar-refractivity contribution in [3.63, 3.8) is 0 Å². The molecule has 2 nitrogen and oxygen atoms in total. The lowest BCUT2D eigenvalue weighted by Gasteiger charge is -2.22. The Labute approximate surface area is 105 Å². The standard InChI is InChI=1S/C15H24N2/c1-12-5-3-7-15(9-8-12)17-13(2)14-6-4-10-16-11-14/h4,6,10-13,15,17H,3,5,7-9H2,1-2H3/t12?,13-,15?/m1/s1. The van der Waals surface area contributed by atoms with E-state index in [9.17, 15) is 0 Å². The number of rotatable bonds is 3. The van der Waals surface area contributed by atoms with Crippen molar-refractivity contribution in [2.75, 3.05) is 0 Å². The Morgan fingerprint density at radius 1 is 1.29 bits per heavy atom. The van der Waals surface area contributed by atoms with E-state index in [-0.39, 0.29) is 0 Å². The van der Waals surface area contributed by atoms with Gasteiger partial charge in [-0.25, -0.2) is 0 Å². The van der Waals surface area contributed by atoms with Crippen LogP contribution in [0.15, 0.2) is 24.5 Å². The van der Waals surface area contributed by atoms with E-state index in [4.69, 9.17) is 0 Å². The lowest BCUT2D eigenvalue weighted by molar-refractivity contribution is 0.407. The summed E-state index contributed by atoms with van der Waals surface area (Å²) < 4.78 is 0. The molecule has 1 fully saturated rings. The molecule has 17 heavy (non-hydrogen) atoms. The highest BCUT2D eigenvalue weighted by Crippen LogP contribution is 2.24. The molecular formula is C15H24N2. The van der Waals surface area contributed by atoms with Crippen LogP contribution >= 0.6 is 0 Å². The number of hydrogen-bond acceptors (Lipinski definition) is 2. The summed E-state index contributed by atoms with van der Waals surface area (Å²) in [6.45, 7) is 4.62. The predicted octanol–water partition coefficient (Wildman–Crippen LogP) is 3.70. The van der Waals surface area contributed by atoms with Gasteiger partial charge in [0.05, 0.1) is 0 Å². The molecule has 1 N–H and O–H groups in total. The van der Waals surface area contributed by atoms with Crippen molar-refractivity contribution in [3.05, 3.63) is 30.1 Å². The summed E-state index contributed by atoms with van der Waals surface area (Å²) in [6.07, 6.45) is 10.6. The van der Waals surface area contributed by atoms with Crippen molar-refractivity contribution in [1.82, 2.24) is 10.3 Å². The number of pyridine rings is 1. The van der Waals surface area contributed by atoms with E-state index in [0.29, 0.717) is 12.1 Å². The number of nitrogens with zero attached hydrogens (tertiary/aromatic N) is 1. The molecule has 2 unspecified atom stereocenters. The minimum atomic E-state index is 0.419. The molecule has 1 aliphatic rings. The molecule has 0 aliphatic heterocycles. The molecule has 0 saturated heterocycles. The monoisotopic (exact) mass is 232 g/mol. The molecule has 1 heterocycles. The largest absolute Gasteiger partial charge is 0.307 e. The summed E-state index contributed by atoms with van der Waals surface area (Å²) in [5.74, 6) is 0.912. The van der Waals surface area contributed by atoms with E-state index in [2.05, 4.69) is 30.2 Å². The van der Waals surface area contributed by atoms with Gasteiger partial charge < -0.3 is 5.32 Å². The zero-order chi connectivity index (χ0) is 12.1. The van der Waals surface area contributed by atoms with E-state index in [1.165, 1.54) is 37.7 Å². The summed E-state index contributed by atoms with van der Waals surface area (Å²) in [5, 5.41) is 3.76. The molecule has 0 radical (unpaired) electrons. The quantitative estimate of drug-likeness (QED) is 0.804. The van der Waals surface area contributed by atoms with Crippen LogP contribution in [0.2, 0.25) is 0 Å². The summed E-state index contributed by atoms with van der Waals surface area (Å²) in [5.41, 5.74) is 1.30. The molecule has 3 atom stereocenters. The van der Waals surface area contributed by atoms with Crippen LogP contribution in [-0.2, 0) is 0 Å². The first-order chi connectivity index (χ1) is 8.25. The first-order valence-corrected chi connectivity index (χ1v) is 6.91. The van der Waals surface area contributed by atoms with Crippen LogP contribution in [0.25, 0.3) is 0 Å². The molecule has 2 heteroatoms. The third-order valence-corrected chi connectivity index (χ3v) is 3.93. The molecule has 2 rings (SSSR count). The van der Waals surface area contributed by atoms with Crippen molar-refractivity contribution >= 4 is 0 Å². The van der Waals surface area contributed by atoms with Crippen LogP contribution in [0.4, 0.5) is 0 Å². The first kappa shape index (κ1) is 12.6. The van der Waals surface area contributed by atoms with Crippen LogP contribution in [0.1, 0.15) is 57.6 Å². The third kappa shape index (κ3) is 3.81. The first-order valence-electron chi connectivity index (χ1n) is 6.91. The minimum absolute atomic E-state index is 0.419. The molecule has 0 bridgehead atoms. The summed E-state index contributed by atoms with van der Waals surface area (Å²) in [7, 11) is 0. The fourth-order valence-electron chi connectivity index (χ4n) is 2.74. The van der Waals surface area contributed by atoms with E-state index < -0.39 is 0 Å². The second-order valence-electron chi connectivity index (χ2n) is 5.49. The highest BCUT2D eigenvalue weighted by molar-refractivity contribution is 5.12. The molecule has 1 aliphatic carbocycles. The predicted molar refractivity (Wildman–Crippen MR) is 71.8 cm³/mol. The van der Waals surface area contributed by atoms with Crippen molar-refractivity contribution < 1.29 is 0 Å². The second-order valence-corrected chi connectivity index (χ2v) is 5.49. The fourth-order valence-corrected chi connectivity index (χ4v) is 2.74. The Bertz CT molecular complexity index is 323. The van der Waals surface area contributed by atoms with Gasteiger partial charge in [0.2, 0.25) is 0 Å². The van der Waals surface area contributed by atoms with Crippen LogP contribution in [0.5, 0.6) is 0 Å². The van der Waals surface area contributed by atoms with E-state index in [0.717, 1.165) is 5.92 Å². The number of aromatic nitrogens is 1. The van der Waals surface area contributed by atoms with Crippen molar-refractivity contribution in [2.45, 2.75) is 58.0 Å². The topological polar surface area (TPSA) is 24.9 Å². The molecule has 1 aromatic heterocycles. The number of nitrogens with one attached hydrogen (secondary N) is 1. The smallest absolute Gasteiger partial charge is 0.0315 e. The Morgan fingerprint density at radius 2 is 2.18 bits per heavy atom. The Morgan fingerprint density at radius 3 is 2.94 bits per heavy atom. The second kappa shape index (κ2) is 6.15. The lowest BCUT2D eigenvalue weighted by Crippen LogP contribution is -2.31. The van der Waals surface area contributed by atoms with Crippen LogP contribution < -0.4 is 5.32 Å². The minimum Gasteiger partial charge on any atom is -0.307 e. The average Bonchev–Trinajstić information content (AvgIpc) is 2.56. The van der Waals surface area contributed by atoms with Crippen molar-refractivity contribution in [1.29, 1.82) is 0 Å². The Kier molecular flexibility index (Phi) is 4.55. The van der Waals surface area contributed by atoms with Crippen LogP contribution in [-0.4, -0.2) is 11.0 Å². The molecular weight excluding hydrogens is 208 g/mol. The fraction of sp³-hybridized carbons (Fsp3) is 0.667. The lowest BCUT2D eigenvalue weighted by atomic mass is 10.0. The molecule has 1 saturated carbocycles. The van der Waals surface area contributed by atoms with Gasteiger partial charge in [-0.15, -0.1) is 0 Å². The van der Waals surface area contributed by atoms with E-state index >= 15 is 0 Å². The molecule has 0 aromatic carbocycles. The summed E-state index contributed by atoms with van der Waals surface area (Å²) in [6, 6.07) is 5.28. The highest BCUT2D eigenvalue weighted by Gasteiger charge is 2.18. The van der Waals surface area contributed by atoms with Gasteiger partial charge in [-0.05, 0) is 43.7 Å². The molecule has 1 aromatic rings. The molecule has 0 amide bonds. The van der Waals surface area contributed by atoms with Gasteiger partial charge in [-0.3, -0.25) is 4.98 Å². The van der Waals surface area contributed by atoms with Crippen LogP contribution in [0, 0.1) is 5.92 Å². The summed E-state index contributed by atoms with van der Waals surface area (Å²) >= 11 is 0. The third-order valence-electron chi connectivity index (χ3n) is 3.93. The zero-order valence-electron chi connectivity index (χ0n) is 11.0. The van der Waals surface area contributed by atoms with Crippen molar-refractivity contribution in [3.8, 4) is 0 Å². The Balaban J connectivity index is 1.88. The van der Waals surface area contributed by atoms with Gasteiger partial charge in [0.15, 0.2) is 0 Å². The van der Waals surface area contributed by atoms with Crippen molar-refractivity contribution in [2.24, 2.45) is 5.92 Å². The normalized spacial score (nSPS) is 27.4. The van der Waals surface area contributed by atoms with E-state index in [1.54, 1.807) is 0 Å². The van der Waals surface area contributed by atoms with Gasteiger partial charge in [0.25, 0.3) is 0 Å². The van der Waals surface area contributed by atoms with Gasteiger partial charge in [-0.1, -0.05) is 25.8 Å². The highest BCUT2D eigenvalue weighted by atomic mass is 14.9. The average molecular weight is 232 g/mol. The SMILES string of the molecule is CC1CCCC(N[C@H](C)c2cccnc2)CC1. The zero-order valence-corrected chi connectivity index (χ0v) is 11.0. The van der Waals surface area contributed by atoms with Gasteiger partial charge in [-0.2, -0.15) is 0 Å². The molecule has 94 valence electrons. The maximum absolute atomic E-state index is 4.19. The molecule has 0 spiro atoms. The van der Waals surface area contributed by atoms with Gasteiger partial charge in [0.1, 0.15) is 0 Å². The maximum atomic E-state index is 4.19. The van der Waals surface area contributed by atoms with Gasteiger partial charge >= 0.3 is 0 Å². The van der Waals surface area contributed by atoms with E-state index in [1.807, 2.05) is 18.5 Å². The summed E-state index contributed by atoms with van der Waals surface area (Å²) in [4.78, 5) is 4.19. The van der Waals surface area contributed by atoms with Gasteiger partial charge in [0, 0.05) is 24.5 Å². The van der Waals surface area contributed by atoms with Crippen LogP contribution in [0.3, 0.4) is 0 Å². The maximum Gasteiger partial charge on any atom is 0.0315 e. The number of hydrogen-bond donors (Lipinski definition) is 1.